The Balaban J connectivity index is 0.000000327. The van der Waals surface area contributed by atoms with Crippen LogP contribution in [0.15, 0.2) is 181 Å². The Labute approximate surface area is 585 Å². The van der Waals surface area contributed by atoms with Gasteiger partial charge in [-0.25, -0.2) is 24.7 Å². The van der Waals surface area contributed by atoms with Crippen LogP contribution in [-0.2, 0) is 9.47 Å². The van der Waals surface area contributed by atoms with Crippen LogP contribution < -0.4 is 46.0 Å². The first-order valence-electron chi connectivity index (χ1n) is 28.8. The van der Waals surface area contributed by atoms with Gasteiger partial charge in [0.05, 0.1) is 31.3 Å². The molecule has 0 saturated carbocycles. The van der Waals surface area contributed by atoms with Crippen LogP contribution in [-0.4, -0.2) is 114 Å². The van der Waals surface area contributed by atoms with Crippen molar-refractivity contribution in [1.29, 1.82) is 0 Å². The Morgan fingerprint density at radius 2 is 0.700 bits per heavy atom. The van der Waals surface area contributed by atoms with Gasteiger partial charge in [-0.1, -0.05) is 101 Å². The first-order valence-corrected chi connectivity index (χ1v) is 28.8. The number of fused-ring (bicyclic) bond motifs is 4. The summed E-state index contributed by atoms with van der Waals surface area (Å²) in [6.45, 7) is 10.8. The molecule has 0 spiro atoms. The van der Waals surface area contributed by atoms with Crippen LogP contribution in [0.1, 0.15) is 180 Å². The van der Waals surface area contributed by atoms with E-state index in [4.69, 9.17) is 67.0 Å². The molecule has 12 rings (SSSR count). The molecule has 0 aliphatic rings. The van der Waals surface area contributed by atoms with Crippen LogP contribution in [0.4, 0.5) is 0 Å². The van der Waals surface area contributed by atoms with Gasteiger partial charge in [0, 0.05) is 59.0 Å². The largest absolute Gasteiger partial charge is 1.00 e. The van der Waals surface area contributed by atoms with Crippen molar-refractivity contribution in [3.8, 4) is 0 Å². The standard InChI is InChI=1S/C17H16N2O5.C15H13N3O5.C15H12N2O5.C9H6O3.C8H12N2O3.CH4O.CH4.ClH.Li.H2O/c1-3-22-17(21)15-9-12(19-24-15)10(2)18-16(20)14-8-11-6-4-5-7-13(11)23-14;1-8(10-7-13(23-18-10)15(20)17-21)16-14(19)12-6-9-4-2-3-5-11(9)22-12;1-8(10-7-13(15(19)20)22-17-10)16-14(18)12-6-9-4-2-3-5-11(9)21-12;10-9(11)8-5-6-3-1-2-4-7(6)12-8;1-3-12-8(11)7-4-6(5(2)9)10-13-7;1-2;;;;/h4-10H,3H2,1-2H3,(H,18,20);2-8,21H,1H3,(H,16,19)(H,17,20);2-8H,1H3,(H,16,18)(H,19,20);1-5H,(H,10,11);4-5H,3,9H2,1-2H3;2H,1H3;1H4;1H;;1H2/q;;;;;;;;+1;/p-1/t10-;2*8-;;5-;;;;;/m111.1...../s1. The zero-order chi connectivity index (χ0) is 69.6. The first-order chi connectivity index (χ1) is 46.1. The fourth-order valence-electron chi connectivity index (χ4n) is 8.24. The molecule has 8 aromatic heterocycles. The summed E-state index contributed by atoms with van der Waals surface area (Å²) in [6, 6.07) is 39.4. The smallest absolute Gasteiger partial charge is 0.870 e. The molecule has 34 heteroatoms. The Hall–Kier alpha value is -11.6. The van der Waals surface area contributed by atoms with Crippen molar-refractivity contribution in [1.82, 2.24) is 42.1 Å². The van der Waals surface area contributed by atoms with Crippen molar-refractivity contribution in [3.05, 3.63) is 214 Å². The van der Waals surface area contributed by atoms with E-state index in [1.807, 2.05) is 66.7 Å². The number of aromatic nitrogens is 4. The molecule has 0 unspecified atom stereocenters. The molecule has 8 heterocycles. The van der Waals surface area contributed by atoms with Crippen LogP contribution >= 0.6 is 12.4 Å². The van der Waals surface area contributed by atoms with E-state index in [1.54, 1.807) is 90.1 Å². The fraction of sp³-hybridized carbons (Fsp3) is 0.212. The number of carbonyl (C=O) groups excluding carboxylic acids is 6. The number of ether oxygens (including phenoxy) is 2. The fourth-order valence-corrected chi connectivity index (χ4v) is 8.24. The molecule has 100 heavy (non-hydrogen) atoms. The summed E-state index contributed by atoms with van der Waals surface area (Å²) in [5.74, 6) is -5.18. The number of hydrogen-bond acceptors (Lipinski definition) is 26. The van der Waals surface area contributed by atoms with Gasteiger partial charge in [-0.3, -0.25) is 24.4 Å². The molecule has 4 aromatic carbocycles. The second-order valence-electron chi connectivity index (χ2n) is 19.9. The summed E-state index contributed by atoms with van der Waals surface area (Å²) in [6.07, 6.45) is 0. The van der Waals surface area contributed by atoms with E-state index in [2.05, 4.69) is 41.1 Å². The number of hydroxylamine groups is 1. The molecule has 4 amide bonds. The number of aliphatic hydroxyl groups is 1. The van der Waals surface area contributed by atoms with Gasteiger partial charge in [-0.15, -0.1) is 12.4 Å². The second-order valence-corrected chi connectivity index (χ2v) is 19.9. The topological polar surface area (TPSA) is 497 Å². The van der Waals surface area contributed by atoms with Crippen LogP contribution in [0, 0.1) is 0 Å². The number of furan rings is 4. The Morgan fingerprint density at radius 3 is 0.990 bits per heavy atom. The molecule has 11 N–H and O–H groups in total. The molecule has 12 aromatic rings. The second kappa shape index (κ2) is 39.5. The quantitative estimate of drug-likeness (QED) is 0.0179. The van der Waals surface area contributed by atoms with Crippen LogP contribution in [0.2, 0.25) is 0 Å². The number of para-hydroxylation sites is 4. The molecule has 32 nitrogen and oxygen atoms in total. The number of halogens is 1. The number of nitrogens with one attached hydrogen (secondary N) is 4. The molecule has 0 fully saturated rings. The third-order valence-corrected chi connectivity index (χ3v) is 13.0. The molecule has 0 bridgehead atoms. The predicted octanol–water partition coefficient (Wildman–Crippen LogP) is 8.22. The number of rotatable bonds is 17. The van der Waals surface area contributed by atoms with Crippen LogP contribution in [0.25, 0.3) is 43.9 Å². The number of nitrogens with zero attached hydrogens (tertiary/aromatic N) is 4. The summed E-state index contributed by atoms with van der Waals surface area (Å²) in [7, 11) is 1.00. The van der Waals surface area contributed by atoms with Crippen molar-refractivity contribution in [2.24, 2.45) is 5.73 Å². The minimum atomic E-state index is -1.21. The number of aromatic carboxylic acids is 2. The average Bonchev–Trinajstić information content (AvgIpc) is 1.69. The predicted molar refractivity (Wildman–Crippen MR) is 350 cm³/mol. The van der Waals surface area contributed by atoms with E-state index >= 15 is 0 Å². The summed E-state index contributed by atoms with van der Waals surface area (Å²) in [5, 5.41) is 59.1. The van der Waals surface area contributed by atoms with Gasteiger partial charge < -0.3 is 87.7 Å². The van der Waals surface area contributed by atoms with E-state index in [0.717, 1.165) is 28.7 Å². The maximum Gasteiger partial charge on any atom is 1.00 e. The van der Waals surface area contributed by atoms with E-state index in [0.29, 0.717) is 51.7 Å². The minimum Gasteiger partial charge on any atom is -0.870 e. The zero-order valence-electron chi connectivity index (χ0n) is 53.9. The van der Waals surface area contributed by atoms with E-state index in [1.165, 1.54) is 35.8 Å². The van der Waals surface area contributed by atoms with Gasteiger partial charge in [0.15, 0.2) is 17.3 Å². The van der Waals surface area contributed by atoms with Crippen LogP contribution in [0.3, 0.4) is 0 Å². The van der Waals surface area contributed by atoms with Crippen molar-refractivity contribution < 1.29 is 128 Å². The minimum absolute atomic E-state index is 0. The summed E-state index contributed by atoms with van der Waals surface area (Å²) in [4.78, 5) is 91.7. The number of esters is 2. The van der Waals surface area contributed by atoms with E-state index in [-0.39, 0.29) is 109 Å². The van der Waals surface area contributed by atoms with Gasteiger partial charge in [0.25, 0.3) is 17.7 Å². The molecular formula is C66H69ClLiN9O23. The SMILES string of the molecule is C.CCOC(=O)c1cc([C@@H](C)N)no1.CCOC(=O)c1cc([C@@H](C)NC(=O)c2cc3ccccc3o2)no1.CO.C[C@@H](NC(=O)c1cc2ccccc2o1)c1cc(C(=O)NO)on1.C[C@@H](NC(=O)c1cc2ccccc2o1)c1cc(C(=O)O)on1.Cl.O=C(O)c1cc2ccccc2o1.[Li+].[OH-]. The third kappa shape index (κ3) is 22.2. The summed E-state index contributed by atoms with van der Waals surface area (Å²) >= 11 is 0. The molecule has 0 aliphatic heterocycles. The Morgan fingerprint density at radius 1 is 0.430 bits per heavy atom. The van der Waals surface area contributed by atoms with Crippen molar-refractivity contribution in [3.63, 3.8) is 0 Å². The third-order valence-electron chi connectivity index (χ3n) is 13.0. The molecule has 0 aliphatic carbocycles. The normalized spacial score (nSPS) is 11.3. The summed E-state index contributed by atoms with van der Waals surface area (Å²) in [5.41, 5.74) is 11.1. The van der Waals surface area contributed by atoms with Gasteiger partial charge in [-0.2, -0.15) is 0 Å². The molecular weight excluding hydrogens is 1330 g/mol. The average molecular weight is 1400 g/mol. The zero-order valence-corrected chi connectivity index (χ0v) is 54.8. The number of nitrogens with two attached hydrogens (primary N) is 1. The number of hydrogen-bond donors (Lipinski definition) is 9. The van der Waals surface area contributed by atoms with Crippen molar-refractivity contribution in [2.45, 2.75) is 73.1 Å². The number of carboxylic acids is 2. The first kappa shape index (κ1) is 82.6. The Bertz CT molecular complexity index is 4500. The van der Waals surface area contributed by atoms with Crippen LogP contribution in [0.5, 0.6) is 0 Å². The molecule has 4 atom stereocenters. The number of benzene rings is 4. The Kier molecular flexibility index (Phi) is 32.7. The number of aliphatic hydroxyl groups excluding tert-OH is 1. The summed E-state index contributed by atoms with van der Waals surface area (Å²) < 4.78 is 50.1. The number of carbonyl (C=O) groups is 8. The van der Waals surface area contributed by atoms with Crippen molar-refractivity contribution >= 4 is 104 Å². The van der Waals surface area contributed by atoms with Gasteiger partial charge in [0.1, 0.15) is 45.1 Å². The molecule has 524 valence electrons. The monoisotopic (exact) mass is 1400 g/mol. The maximum absolute atomic E-state index is 12.3. The molecule has 0 saturated heterocycles. The van der Waals surface area contributed by atoms with E-state index < -0.39 is 59.7 Å². The van der Waals surface area contributed by atoms with Gasteiger partial charge in [0.2, 0.25) is 28.8 Å². The number of amides is 4. The maximum atomic E-state index is 12.3. The number of carboxylic acid groups (broad SMARTS) is 2. The van der Waals surface area contributed by atoms with E-state index in [9.17, 15) is 38.4 Å². The molecule has 0 radical (unpaired) electrons. The van der Waals surface area contributed by atoms with Gasteiger partial charge >= 0.3 is 48.6 Å². The van der Waals surface area contributed by atoms with Crippen molar-refractivity contribution in [2.75, 3.05) is 20.3 Å². The van der Waals surface area contributed by atoms with Gasteiger partial charge in [-0.05, 0) is 90.1 Å².